The van der Waals surface area contributed by atoms with Crippen LogP contribution >= 0.6 is 11.3 Å². The predicted octanol–water partition coefficient (Wildman–Crippen LogP) is 1.77. The van der Waals surface area contributed by atoms with Crippen molar-refractivity contribution in [1.29, 1.82) is 0 Å². The average Bonchev–Trinajstić information content (AvgIpc) is 3.13. The molecule has 1 aromatic heterocycles. The highest BCUT2D eigenvalue weighted by Crippen LogP contribution is 2.48. The second-order valence-electron chi connectivity index (χ2n) is 6.04. The van der Waals surface area contributed by atoms with Gasteiger partial charge in [0.15, 0.2) is 0 Å². The summed E-state index contributed by atoms with van der Waals surface area (Å²) >= 11 is 1.62. The first-order valence-electron chi connectivity index (χ1n) is 7.54. The Morgan fingerprint density at radius 3 is 3.00 bits per heavy atom. The number of hydrogen-bond acceptors (Lipinski definition) is 4. The van der Waals surface area contributed by atoms with Crippen molar-refractivity contribution in [2.24, 2.45) is 17.8 Å². The van der Waals surface area contributed by atoms with E-state index in [1.807, 2.05) is 5.38 Å². The Balaban J connectivity index is 1.58. The van der Waals surface area contributed by atoms with Gasteiger partial charge in [-0.1, -0.05) is 6.92 Å². The van der Waals surface area contributed by atoms with Crippen molar-refractivity contribution in [2.45, 2.75) is 45.1 Å². The van der Waals surface area contributed by atoms with E-state index in [1.54, 1.807) is 11.3 Å². The normalized spacial score (nSPS) is 31.7. The zero-order valence-electron chi connectivity index (χ0n) is 11.8. The van der Waals surface area contributed by atoms with Crippen molar-refractivity contribution in [3.63, 3.8) is 0 Å². The van der Waals surface area contributed by atoms with Crippen LogP contribution in [0.5, 0.6) is 0 Å². The lowest BCUT2D eigenvalue weighted by molar-refractivity contribution is -0.122. The average molecular weight is 294 g/mol. The van der Waals surface area contributed by atoms with E-state index in [1.165, 1.54) is 19.3 Å². The van der Waals surface area contributed by atoms with Crippen molar-refractivity contribution < 1.29 is 9.90 Å². The number of hydrogen-bond donors (Lipinski definition) is 2. The van der Waals surface area contributed by atoms with Gasteiger partial charge in [-0.15, -0.1) is 11.3 Å². The SMILES string of the molecule is CCc1nc(CC(=O)NC2C3CCC(C3)C2CO)cs1. The van der Waals surface area contributed by atoms with E-state index in [4.69, 9.17) is 0 Å². The molecule has 0 saturated heterocycles. The third-order valence-corrected chi connectivity index (χ3v) is 5.91. The van der Waals surface area contributed by atoms with Crippen molar-refractivity contribution in [3.05, 3.63) is 16.1 Å². The molecule has 4 atom stereocenters. The molecule has 2 aliphatic carbocycles. The molecule has 0 aliphatic heterocycles. The second kappa shape index (κ2) is 5.82. The molecule has 1 heterocycles. The molecule has 5 heteroatoms. The lowest BCUT2D eigenvalue weighted by atomic mass is 9.85. The fraction of sp³-hybridized carbons (Fsp3) is 0.733. The number of carbonyl (C=O) groups excluding carboxylic acids is 1. The van der Waals surface area contributed by atoms with Crippen molar-refractivity contribution in [1.82, 2.24) is 10.3 Å². The van der Waals surface area contributed by atoms with Gasteiger partial charge in [-0.3, -0.25) is 4.79 Å². The van der Waals surface area contributed by atoms with Crippen LogP contribution in [-0.2, 0) is 17.6 Å². The summed E-state index contributed by atoms with van der Waals surface area (Å²) in [4.78, 5) is 16.6. The minimum Gasteiger partial charge on any atom is -0.396 e. The number of nitrogens with zero attached hydrogens (tertiary/aromatic N) is 1. The van der Waals surface area contributed by atoms with E-state index in [0.29, 0.717) is 18.3 Å². The van der Waals surface area contributed by atoms with Crippen LogP contribution in [0.1, 0.15) is 36.9 Å². The number of aryl methyl sites for hydroxylation is 1. The molecule has 3 rings (SSSR count). The van der Waals surface area contributed by atoms with Crippen LogP contribution < -0.4 is 5.32 Å². The van der Waals surface area contributed by atoms with Crippen LogP contribution in [0, 0.1) is 17.8 Å². The summed E-state index contributed by atoms with van der Waals surface area (Å²) in [6.45, 7) is 2.27. The molecular formula is C15H22N2O2S. The van der Waals surface area contributed by atoms with E-state index in [9.17, 15) is 9.90 Å². The van der Waals surface area contributed by atoms with Crippen LogP contribution in [0.3, 0.4) is 0 Å². The van der Waals surface area contributed by atoms with E-state index >= 15 is 0 Å². The first-order valence-corrected chi connectivity index (χ1v) is 8.42. The van der Waals surface area contributed by atoms with Gasteiger partial charge in [0.25, 0.3) is 0 Å². The number of aliphatic hydroxyl groups excluding tert-OH is 1. The lowest BCUT2D eigenvalue weighted by Crippen LogP contribution is -2.45. The number of nitrogens with one attached hydrogen (secondary N) is 1. The first-order chi connectivity index (χ1) is 9.71. The minimum atomic E-state index is 0.0500. The molecule has 4 unspecified atom stereocenters. The fourth-order valence-electron chi connectivity index (χ4n) is 3.89. The van der Waals surface area contributed by atoms with Gasteiger partial charge in [-0.2, -0.15) is 0 Å². The van der Waals surface area contributed by atoms with Crippen LogP contribution in [0.15, 0.2) is 5.38 Å². The number of aliphatic hydroxyl groups is 1. The van der Waals surface area contributed by atoms with Gasteiger partial charge in [0.2, 0.25) is 5.91 Å². The van der Waals surface area contributed by atoms with Crippen molar-refractivity contribution in [2.75, 3.05) is 6.61 Å². The van der Waals surface area contributed by atoms with Gasteiger partial charge >= 0.3 is 0 Å². The zero-order chi connectivity index (χ0) is 14.1. The summed E-state index contributed by atoms with van der Waals surface area (Å²) in [5.41, 5.74) is 0.869. The second-order valence-corrected chi connectivity index (χ2v) is 6.98. The number of fused-ring (bicyclic) bond motifs is 2. The van der Waals surface area contributed by atoms with E-state index in [-0.39, 0.29) is 24.5 Å². The van der Waals surface area contributed by atoms with Crippen LogP contribution in [-0.4, -0.2) is 28.6 Å². The summed E-state index contributed by atoms with van der Waals surface area (Å²) in [5, 5.41) is 15.7. The van der Waals surface area contributed by atoms with Gasteiger partial charge in [0.05, 0.1) is 17.1 Å². The maximum absolute atomic E-state index is 12.2. The Morgan fingerprint density at radius 1 is 1.50 bits per heavy atom. The molecule has 2 aliphatic rings. The Hall–Kier alpha value is -0.940. The molecule has 1 amide bonds. The first kappa shape index (κ1) is 14.0. The Morgan fingerprint density at radius 2 is 2.30 bits per heavy atom. The molecule has 110 valence electrons. The monoisotopic (exact) mass is 294 g/mol. The largest absolute Gasteiger partial charge is 0.396 e. The van der Waals surface area contributed by atoms with Crippen LogP contribution in [0.2, 0.25) is 0 Å². The van der Waals surface area contributed by atoms with E-state index < -0.39 is 0 Å². The Kier molecular flexibility index (Phi) is 4.08. The number of aromatic nitrogens is 1. The van der Waals surface area contributed by atoms with E-state index in [0.717, 1.165) is 17.1 Å². The summed E-state index contributed by atoms with van der Waals surface area (Å²) in [5.74, 6) is 1.50. The summed E-state index contributed by atoms with van der Waals surface area (Å²) in [6, 6.07) is 0.176. The highest BCUT2D eigenvalue weighted by atomic mass is 32.1. The molecule has 2 fully saturated rings. The Bertz CT molecular complexity index is 488. The highest BCUT2D eigenvalue weighted by Gasteiger charge is 2.47. The van der Waals surface area contributed by atoms with Gasteiger partial charge in [-0.25, -0.2) is 4.98 Å². The maximum atomic E-state index is 12.2. The van der Waals surface area contributed by atoms with Gasteiger partial charge in [0.1, 0.15) is 0 Å². The number of amides is 1. The fourth-order valence-corrected chi connectivity index (χ4v) is 4.64. The molecule has 0 aromatic carbocycles. The molecule has 2 N–H and O–H groups in total. The maximum Gasteiger partial charge on any atom is 0.226 e. The third-order valence-electron chi connectivity index (χ3n) is 4.87. The smallest absolute Gasteiger partial charge is 0.226 e. The highest BCUT2D eigenvalue weighted by molar-refractivity contribution is 7.09. The molecule has 4 nitrogen and oxygen atoms in total. The van der Waals surface area contributed by atoms with Gasteiger partial charge in [0, 0.05) is 23.9 Å². The zero-order valence-corrected chi connectivity index (χ0v) is 12.7. The molecule has 20 heavy (non-hydrogen) atoms. The standard InChI is InChI=1S/C15H22N2O2S/c1-2-14-16-11(8-20-14)6-13(19)17-15-10-4-3-9(5-10)12(15)7-18/h8-10,12,15,18H,2-7H2,1H3,(H,17,19). The van der Waals surface area contributed by atoms with Gasteiger partial charge in [-0.05, 0) is 37.5 Å². The molecular weight excluding hydrogens is 272 g/mol. The van der Waals surface area contributed by atoms with E-state index in [2.05, 4.69) is 17.2 Å². The number of rotatable bonds is 5. The number of carbonyl (C=O) groups is 1. The number of thiazole rings is 1. The third kappa shape index (κ3) is 2.61. The molecule has 1 aromatic rings. The van der Waals surface area contributed by atoms with Crippen molar-refractivity contribution in [3.8, 4) is 0 Å². The summed E-state index contributed by atoms with van der Waals surface area (Å²) in [7, 11) is 0. The molecule has 0 spiro atoms. The van der Waals surface area contributed by atoms with Crippen molar-refractivity contribution >= 4 is 17.2 Å². The summed E-state index contributed by atoms with van der Waals surface area (Å²) in [6.07, 6.45) is 4.87. The van der Waals surface area contributed by atoms with Crippen LogP contribution in [0.4, 0.5) is 0 Å². The van der Waals surface area contributed by atoms with Gasteiger partial charge < -0.3 is 10.4 Å². The molecule has 2 bridgehead atoms. The molecule has 0 radical (unpaired) electrons. The quantitative estimate of drug-likeness (QED) is 0.870. The topological polar surface area (TPSA) is 62.2 Å². The Labute approximate surface area is 123 Å². The predicted molar refractivity (Wildman–Crippen MR) is 78.5 cm³/mol. The minimum absolute atomic E-state index is 0.0500. The summed E-state index contributed by atoms with van der Waals surface area (Å²) < 4.78 is 0. The van der Waals surface area contributed by atoms with Crippen LogP contribution in [0.25, 0.3) is 0 Å². The molecule has 2 saturated carbocycles. The lowest BCUT2D eigenvalue weighted by Gasteiger charge is -2.30.